The molecule has 1 aromatic rings. The summed E-state index contributed by atoms with van der Waals surface area (Å²) >= 11 is 0. The van der Waals surface area contributed by atoms with Gasteiger partial charge in [-0.05, 0) is 12.5 Å². The minimum Gasteiger partial charge on any atom is -0.508 e. The molecule has 0 aliphatic carbocycles. The van der Waals surface area contributed by atoms with Gasteiger partial charge in [-0.2, -0.15) is 0 Å². The summed E-state index contributed by atoms with van der Waals surface area (Å²) in [5, 5.41) is 9.19. The fourth-order valence-electron chi connectivity index (χ4n) is 1.28. The predicted molar refractivity (Wildman–Crippen MR) is 52.2 cm³/mol. The standard InChI is InChI=1S/C10H14FNO2/c1-14-10-6-7(13)2-3-8(10)9(12)4-5-11/h2-3,6,9,13H,4-5,12H2,1H3/t9-/m0/s1. The average molecular weight is 199 g/mol. The van der Waals surface area contributed by atoms with Crippen LogP contribution in [0.4, 0.5) is 4.39 Å². The van der Waals surface area contributed by atoms with E-state index in [1.807, 2.05) is 0 Å². The van der Waals surface area contributed by atoms with E-state index in [0.29, 0.717) is 11.3 Å². The van der Waals surface area contributed by atoms with Crippen LogP contribution in [0.3, 0.4) is 0 Å². The van der Waals surface area contributed by atoms with Crippen LogP contribution in [0.1, 0.15) is 18.0 Å². The Hall–Kier alpha value is -1.29. The van der Waals surface area contributed by atoms with Crippen LogP contribution >= 0.6 is 0 Å². The van der Waals surface area contributed by atoms with Gasteiger partial charge in [-0.1, -0.05) is 6.07 Å². The van der Waals surface area contributed by atoms with E-state index in [0.717, 1.165) is 0 Å². The second-order valence-electron chi connectivity index (χ2n) is 3.01. The molecule has 0 aliphatic rings. The van der Waals surface area contributed by atoms with Gasteiger partial charge in [0.05, 0.1) is 13.8 Å². The largest absolute Gasteiger partial charge is 0.508 e. The number of benzene rings is 1. The minimum absolute atomic E-state index is 0.109. The Balaban J connectivity index is 2.95. The Morgan fingerprint density at radius 2 is 2.29 bits per heavy atom. The van der Waals surface area contributed by atoms with Gasteiger partial charge >= 0.3 is 0 Å². The first-order valence-corrected chi connectivity index (χ1v) is 4.37. The molecule has 3 N–H and O–H groups in total. The van der Waals surface area contributed by atoms with Gasteiger partial charge in [0.15, 0.2) is 0 Å². The van der Waals surface area contributed by atoms with E-state index in [4.69, 9.17) is 10.5 Å². The number of phenols is 1. The highest BCUT2D eigenvalue weighted by Crippen LogP contribution is 2.29. The summed E-state index contributed by atoms with van der Waals surface area (Å²) in [6.07, 6.45) is 0.251. The molecule has 0 saturated carbocycles. The molecule has 1 rings (SSSR count). The van der Waals surface area contributed by atoms with Crippen molar-refractivity contribution in [1.82, 2.24) is 0 Å². The summed E-state index contributed by atoms with van der Waals surface area (Å²) in [6.45, 7) is -0.467. The van der Waals surface area contributed by atoms with Crippen LogP contribution in [-0.4, -0.2) is 18.9 Å². The maximum atomic E-state index is 12.1. The number of hydrogen-bond acceptors (Lipinski definition) is 3. The van der Waals surface area contributed by atoms with Crippen molar-refractivity contribution in [1.29, 1.82) is 0 Å². The van der Waals surface area contributed by atoms with Crippen LogP contribution in [0, 0.1) is 0 Å². The maximum Gasteiger partial charge on any atom is 0.127 e. The zero-order valence-electron chi connectivity index (χ0n) is 8.03. The predicted octanol–water partition coefficient (Wildman–Crippen LogP) is 1.76. The highest BCUT2D eigenvalue weighted by atomic mass is 19.1. The quantitative estimate of drug-likeness (QED) is 0.776. The summed E-state index contributed by atoms with van der Waals surface area (Å²) < 4.78 is 17.1. The van der Waals surface area contributed by atoms with Gasteiger partial charge in [-0.3, -0.25) is 4.39 Å². The third-order valence-corrected chi connectivity index (χ3v) is 2.04. The van der Waals surface area contributed by atoms with Gasteiger partial charge in [-0.25, -0.2) is 0 Å². The lowest BCUT2D eigenvalue weighted by atomic mass is 10.0. The van der Waals surface area contributed by atoms with Crippen LogP contribution < -0.4 is 10.5 Å². The second-order valence-corrected chi connectivity index (χ2v) is 3.01. The van der Waals surface area contributed by atoms with Crippen molar-refractivity contribution < 1.29 is 14.2 Å². The van der Waals surface area contributed by atoms with Crippen LogP contribution in [0.2, 0.25) is 0 Å². The molecule has 78 valence electrons. The topological polar surface area (TPSA) is 55.5 Å². The molecule has 0 aromatic heterocycles. The van der Waals surface area contributed by atoms with Gasteiger partial charge < -0.3 is 15.6 Å². The highest BCUT2D eigenvalue weighted by Gasteiger charge is 2.11. The molecule has 0 amide bonds. The molecule has 1 aromatic carbocycles. The third kappa shape index (κ3) is 2.35. The number of hydrogen-bond donors (Lipinski definition) is 2. The lowest BCUT2D eigenvalue weighted by Crippen LogP contribution is -2.12. The van der Waals surface area contributed by atoms with Crippen molar-refractivity contribution >= 4 is 0 Å². The first kappa shape index (κ1) is 10.8. The van der Waals surface area contributed by atoms with Crippen LogP contribution in [0.15, 0.2) is 18.2 Å². The van der Waals surface area contributed by atoms with Crippen molar-refractivity contribution in [2.75, 3.05) is 13.8 Å². The summed E-state index contributed by atoms with van der Waals surface area (Å²) in [5.41, 5.74) is 6.44. The average Bonchev–Trinajstić information content (AvgIpc) is 2.17. The van der Waals surface area contributed by atoms with E-state index in [1.165, 1.54) is 19.2 Å². The molecule has 0 bridgehead atoms. The van der Waals surface area contributed by atoms with Crippen LogP contribution in [0.5, 0.6) is 11.5 Å². The first-order valence-electron chi connectivity index (χ1n) is 4.37. The molecular formula is C10H14FNO2. The second kappa shape index (κ2) is 4.81. The Labute approximate surface area is 82.3 Å². The van der Waals surface area contributed by atoms with Crippen LogP contribution in [0.25, 0.3) is 0 Å². The number of alkyl halides is 1. The molecule has 1 atom stereocenters. The van der Waals surface area contributed by atoms with Gasteiger partial charge in [0.1, 0.15) is 11.5 Å². The zero-order chi connectivity index (χ0) is 10.6. The van der Waals surface area contributed by atoms with Gasteiger partial charge in [0.25, 0.3) is 0 Å². The molecule has 0 spiro atoms. The van der Waals surface area contributed by atoms with E-state index >= 15 is 0 Å². The first-order chi connectivity index (χ1) is 6.69. The smallest absolute Gasteiger partial charge is 0.127 e. The third-order valence-electron chi connectivity index (χ3n) is 2.04. The SMILES string of the molecule is COc1cc(O)ccc1[C@@H](N)CCF. The van der Waals surface area contributed by atoms with E-state index in [9.17, 15) is 9.50 Å². The number of nitrogens with two attached hydrogens (primary N) is 1. The Morgan fingerprint density at radius 3 is 2.86 bits per heavy atom. The van der Waals surface area contributed by atoms with E-state index in [2.05, 4.69) is 0 Å². The summed E-state index contributed by atoms with van der Waals surface area (Å²) in [5.74, 6) is 0.601. The molecule has 4 heteroatoms. The van der Waals surface area contributed by atoms with E-state index in [1.54, 1.807) is 6.07 Å². The highest BCUT2D eigenvalue weighted by molar-refractivity contribution is 5.41. The van der Waals surface area contributed by atoms with Crippen molar-refractivity contribution in [2.24, 2.45) is 5.73 Å². The minimum atomic E-state index is -0.467. The number of phenolic OH excluding ortho intramolecular Hbond substituents is 1. The Bertz CT molecular complexity index is 304. The molecule has 0 heterocycles. The van der Waals surface area contributed by atoms with Crippen molar-refractivity contribution in [3.8, 4) is 11.5 Å². The summed E-state index contributed by atoms with van der Waals surface area (Å²) in [4.78, 5) is 0. The molecule has 0 fully saturated rings. The van der Waals surface area contributed by atoms with Crippen molar-refractivity contribution in [2.45, 2.75) is 12.5 Å². The monoisotopic (exact) mass is 199 g/mol. The molecule has 3 nitrogen and oxygen atoms in total. The summed E-state index contributed by atoms with van der Waals surface area (Å²) in [6, 6.07) is 4.23. The van der Waals surface area contributed by atoms with Gasteiger partial charge in [-0.15, -0.1) is 0 Å². The normalized spacial score (nSPS) is 12.5. The van der Waals surface area contributed by atoms with Crippen molar-refractivity contribution in [3.63, 3.8) is 0 Å². The van der Waals surface area contributed by atoms with Crippen molar-refractivity contribution in [3.05, 3.63) is 23.8 Å². The molecule has 14 heavy (non-hydrogen) atoms. The van der Waals surface area contributed by atoms with E-state index in [-0.39, 0.29) is 12.2 Å². The molecule has 0 unspecified atom stereocenters. The summed E-state index contributed by atoms with van der Waals surface area (Å²) in [7, 11) is 1.49. The number of aromatic hydroxyl groups is 1. The van der Waals surface area contributed by atoms with E-state index < -0.39 is 12.7 Å². The fourth-order valence-corrected chi connectivity index (χ4v) is 1.28. The number of rotatable bonds is 4. The lowest BCUT2D eigenvalue weighted by molar-refractivity contribution is 0.390. The number of halogens is 1. The number of ether oxygens (including phenoxy) is 1. The van der Waals surface area contributed by atoms with Crippen LogP contribution in [-0.2, 0) is 0 Å². The zero-order valence-corrected chi connectivity index (χ0v) is 8.03. The lowest BCUT2D eigenvalue weighted by Gasteiger charge is -2.14. The Morgan fingerprint density at radius 1 is 1.57 bits per heavy atom. The Kier molecular flexibility index (Phi) is 3.71. The van der Waals surface area contributed by atoms with Gasteiger partial charge in [0, 0.05) is 17.7 Å². The molecule has 0 radical (unpaired) electrons. The molecule has 0 aliphatic heterocycles. The fraction of sp³-hybridized carbons (Fsp3) is 0.400. The maximum absolute atomic E-state index is 12.1. The number of methoxy groups -OCH3 is 1. The van der Waals surface area contributed by atoms with Gasteiger partial charge in [0.2, 0.25) is 0 Å². The molecular weight excluding hydrogens is 185 g/mol. The molecule has 0 saturated heterocycles.